The van der Waals surface area contributed by atoms with E-state index in [0.717, 1.165) is 4.88 Å². The molecule has 0 aliphatic heterocycles. The summed E-state index contributed by atoms with van der Waals surface area (Å²) >= 11 is 8.82. The number of rotatable bonds is 9. The second-order valence-corrected chi connectivity index (χ2v) is 11.5. The van der Waals surface area contributed by atoms with E-state index in [-0.39, 0.29) is 18.2 Å². The van der Waals surface area contributed by atoms with Gasteiger partial charge in [0.05, 0.1) is 34.2 Å². The monoisotopic (exact) mass is 602 g/mol. The largest absolute Gasteiger partial charge is 0.365 e. The Bertz CT molecular complexity index is 1890. The second kappa shape index (κ2) is 11.5. The van der Waals surface area contributed by atoms with Gasteiger partial charge in [0.15, 0.2) is 0 Å². The van der Waals surface area contributed by atoms with E-state index >= 15 is 0 Å². The summed E-state index contributed by atoms with van der Waals surface area (Å²) in [5.74, 6) is -0.367. The lowest BCUT2D eigenvalue weighted by atomic mass is 10.0. The molecular weight excluding hydrogens is 584 g/mol. The average Bonchev–Trinajstić information content (AvgIpc) is 3.81. The molecular formula is C28H19ClN6O4S2. The zero-order valence-electron chi connectivity index (χ0n) is 21.1. The lowest BCUT2D eigenvalue weighted by Gasteiger charge is -2.15. The van der Waals surface area contributed by atoms with Gasteiger partial charge in [-0.15, -0.1) is 22.7 Å². The third kappa shape index (κ3) is 5.53. The molecule has 6 rings (SSSR count). The Morgan fingerprint density at radius 2 is 1.95 bits per heavy atom. The summed E-state index contributed by atoms with van der Waals surface area (Å²) in [4.78, 5) is 45.5. The summed E-state index contributed by atoms with van der Waals surface area (Å²) in [6.45, 7) is 0.0565. The molecule has 6 heterocycles. The minimum atomic E-state index is -0.448. The molecule has 6 aromatic heterocycles. The van der Waals surface area contributed by atoms with Crippen LogP contribution in [-0.2, 0) is 13.1 Å². The molecule has 0 aliphatic rings. The second-order valence-electron chi connectivity index (χ2n) is 8.73. The molecule has 10 nitrogen and oxygen atoms in total. The van der Waals surface area contributed by atoms with Gasteiger partial charge in [-0.1, -0.05) is 28.9 Å². The van der Waals surface area contributed by atoms with E-state index in [1.807, 2.05) is 17.5 Å². The van der Waals surface area contributed by atoms with Gasteiger partial charge in [0.1, 0.15) is 11.5 Å². The van der Waals surface area contributed by atoms with E-state index in [0.29, 0.717) is 44.1 Å². The average molecular weight is 603 g/mol. The highest BCUT2D eigenvalue weighted by atomic mass is 35.5. The van der Waals surface area contributed by atoms with Crippen molar-refractivity contribution in [3.05, 3.63) is 115 Å². The van der Waals surface area contributed by atoms with Gasteiger partial charge in [0, 0.05) is 46.6 Å². The van der Waals surface area contributed by atoms with Crippen molar-refractivity contribution < 1.29 is 14.1 Å². The first-order valence-corrected chi connectivity index (χ1v) is 14.3. The zero-order chi connectivity index (χ0) is 28.3. The molecule has 0 saturated heterocycles. The predicted octanol–water partition coefficient (Wildman–Crippen LogP) is 5.72. The number of hydrogen-bond acceptors (Lipinski definition) is 10. The first kappa shape index (κ1) is 26.6. The quantitative estimate of drug-likeness (QED) is 0.208. The Kier molecular flexibility index (Phi) is 7.42. The molecule has 0 aliphatic carbocycles. The Balaban J connectivity index is 1.51. The number of pyridine rings is 2. The van der Waals surface area contributed by atoms with Crippen molar-refractivity contribution in [2.45, 2.75) is 13.1 Å². The van der Waals surface area contributed by atoms with Crippen LogP contribution in [0, 0.1) is 0 Å². The minimum Gasteiger partial charge on any atom is -0.365 e. The Morgan fingerprint density at radius 1 is 1.05 bits per heavy atom. The number of Topliss-reactive ketones (excluding diaryl/α,β-unsaturated/α-hetero) is 1. The minimum absolute atomic E-state index is 0.0185. The maximum absolute atomic E-state index is 13.5. The Labute approximate surface area is 245 Å². The van der Waals surface area contributed by atoms with Crippen molar-refractivity contribution in [1.82, 2.24) is 24.5 Å². The summed E-state index contributed by atoms with van der Waals surface area (Å²) < 4.78 is 8.27. The first-order valence-electron chi connectivity index (χ1n) is 12.2. The topological polar surface area (TPSA) is 125 Å². The molecule has 0 amide bonds. The fourth-order valence-electron chi connectivity index (χ4n) is 4.26. The maximum Gasteiger partial charge on any atom is 0.290 e. The first-order chi connectivity index (χ1) is 20.0. The third-order valence-electron chi connectivity index (χ3n) is 6.12. The number of ketones is 1. The van der Waals surface area contributed by atoms with Crippen molar-refractivity contribution in [2.75, 3.05) is 5.32 Å². The SMILES string of the molecule is O=C(Cn1c(-c2cc(NCc3ccc(Cl)s3)n(C(=O)c3cccs3)n2)c(-c2cccnc2)ccc1=O)c1ccno1. The highest BCUT2D eigenvalue weighted by Gasteiger charge is 2.24. The predicted molar refractivity (Wildman–Crippen MR) is 157 cm³/mol. The van der Waals surface area contributed by atoms with E-state index in [4.69, 9.17) is 16.1 Å². The van der Waals surface area contributed by atoms with Crippen LogP contribution < -0.4 is 10.9 Å². The number of aromatic nitrogens is 5. The van der Waals surface area contributed by atoms with Crippen molar-refractivity contribution in [3.63, 3.8) is 0 Å². The van der Waals surface area contributed by atoms with Crippen molar-refractivity contribution in [2.24, 2.45) is 0 Å². The van der Waals surface area contributed by atoms with Crippen LogP contribution in [0.3, 0.4) is 0 Å². The highest BCUT2D eigenvalue weighted by molar-refractivity contribution is 7.16. The number of anilines is 1. The molecule has 0 aromatic carbocycles. The molecule has 13 heteroatoms. The number of carbonyl (C=O) groups is 2. The van der Waals surface area contributed by atoms with Crippen LogP contribution in [0.15, 0.2) is 94.0 Å². The molecule has 6 aromatic rings. The van der Waals surface area contributed by atoms with Crippen LogP contribution in [0.4, 0.5) is 5.82 Å². The lowest BCUT2D eigenvalue weighted by molar-refractivity contribution is 0.0931. The molecule has 0 unspecified atom stereocenters. The fraction of sp³-hybridized carbons (Fsp3) is 0.0714. The van der Waals surface area contributed by atoms with Gasteiger partial charge in [-0.05, 0) is 35.7 Å². The van der Waals surface area contributed by atoms with Crippen LogP contribution in [0.1, 0.15) is 25.1 Å². The number of nitrogens with zero attached hydrogens (tertiary/aromatic N) is 5. The van der Waals surface area contributed by atoms with Crippen molar-refractivity contribution in [3.8, 4) is 22.5 Å². The van der Waals surface area contributed by atoms with E-state index in [1.165, 1.54) is 50.3 Å². The van der Waals surface area contributed by atoms with E-state index in [1.54, 1.807) is 48.8 Å². The number of carbonyl (C=O) groups excluding carboxylic acids is 2. The number of hydrogen-bond donors (Lipinski definition) is 1. The molecule has 0 fully saturated rings. The third-order valence-corrected chi connectivity index (χ3v) is 8.21. The summed E-state index contributed by atoms with van der Waals surface area (Å²) in [6, 6.07) is 17.0. The van der Waals surface area contributed by atoms with Gasteiger partial charge in [-0.25, -0.2) is 0 Å². The lowest BCUT2D eigenvalue weighted by Crippen LogP contribution is -2.26. The summed E-state index contributed by atoms with van der Waals surface area (Å²) in [5, 5.41) is 13.4. The van der Waals surface area contributed by atoms with E-state index in [2.05, 4.69) is 20.6 Å². The summed E-state index contributed by atoms with van der Waals surface area (Å²) in [5.41, 5.74) is 1.53. The van der Waals surface area contributed by atoms with Crippen molar-refractivity contribution >= 4 is 51.8 Å². The van der Waals surface area contributed by atoms with Gasteiger partial charge in [0.25, 0.3) is 11.5 Å². The maximum atomic E-state index is 13.5. The Morgan fingerprint density at radius 3 is 2.66 bits per heavy atom. The van der Waals surface area contributed by atoms with E-state index < -0.39 is 11.3 Å². The molecule has 0 atom stereocenters. The standard InChI is InChI=1S/C28H19ClN6O4S2/c29-24-7-5-18(41-24)15-31-25-13-20(33-35(25)28(38)23-4-2-12-40-23)27-19(17-3-1-10-30-14-17)6-8-26(37)34(27)16-21(36)22-9-11-32-39-22/h1-14,31H,15-16H2. The van der Waals surface area contributed by atoms with Crippen LogP contribution in [0.2, 0.25) is 4.34 Å². The number of nitrogens with one attached hydrogen (secondary N) is 1. The summed E-state index contributed by atoms with van der Waals surface area (Å²) in [7, 11) is 0. The normalized spacial score (nSPS) is 11.0. The van der Waals surface area contributed by atoms with E-state index in [9.17, 15) is 14.4 Å². The van der Waals surface area contributed by atoms with Crippen LogP contribution in [0.5, 0.6) is 0 Å². The van der Waals surface area contributed by atoms with Gasteiger partial charge >= 0.3 is 0 Å². The molecule has 0 spiro atoms. The molecule has 0 bridgehead atoms. The van der Waals surface area contributed by atoms with Gasteiger partial charge in [0.2, 0.25) is 11.5 Å². The number of thiophene rings is 2. The molecule has 1 N–H and O–H groups in total. The van der Waals surface area contributed by atoms with Gasteiger partial charge < -0.3 is 9.84 Å². The molecule has 204 valence electrons. The fourth-order valence-corrected chi connectivity index (χ4v) is 5.93. The smallest absolute Gasteiger partial charge is 0.290 e. The van der Waals surface area contributed by atoms with Gasteiger partial charge in [-0.2, -0.15) is 9.78 Å². The van der Waals surface area contributed by atoms with Crippen LogP contribution in [0.25, 0.3) is 22.5 Å². The van der Waals surface area contributed by atoms with Crippen molar-refractivity contribution in [1.29, 1.82) is 0 Å². The molecule has 0 radical (unpaired) electrons. The zero-order valence-corrected chi connectivity index (χ0v) is 23.4. The van der Waals surface area contributed by atoms with Crippen LogP contribution in [-0.4, -0.2) is 36.2 Å². The van der Waals surface area contributed by atoms with Crippen LogP contribution >= 0.6 is 34.3 Å². The Hall–Kier alpha value is -4.65. The molecule has 41 heavy (non-hydrogen) atoms. The highest BCUT2D eigenvalue weighted by Crippen LogP contribution is 2.33. The number of halogens is 1. The molecule has 0 saturated carbocycles. The summed E-state index contributed by atoms with van der Waals surface area (Å²) in [6.07, 6.45) is 4.65. The van der Waals surface area contributed by atoms with Gasteiger partial charge in [-0.3, -0.25) is 23.9 Å².